The van der Waals surface area contributed by atoms with Crippen LogP contribution in [0.3, 0.4) is 0 Å². The number of likely N-dealkylation sites (tertiary alicyclic amines) is 1. The van der Waals surface area contributed by atoms with E-state index in [-0.39, 0.29) is 82.7 Å². The lowest BCUT2D eigenvalue weighted by Gasteiger charge is -2.26. The molecule has 0 saturated carbocycles. The van der Waals surface area contributed by atoms with E-state index in [1.807, 2.05) is 58.0 Å². The van der Waals surface area contributed by atoms with Crippen LogP contribution in [0.25, 0.3) is 10.4 Å². The first-order valence-corrected chi connectivity index (χ1v) is 26.6. The number of rotatable bonds is 30. The number of urea groups is 4. The minimum atomic E-state index is -0.728. The largest absolute Gasteiger partial charge is 0.461 e. The van der Waals surface area contributed by atoms with Crippen LogP contribution in [0.15, 0.2) is 59.7 Å². The van der Waals surface area contributed by atoms with Crippen molar-refractivity contribution in [1.29, 1.82) is 0 Å². The standard InChI is InChI=1S/C52H82ClN13O10/c1-35(2)26-41(30-57-46(68)61-39(29-59-49(71)66-25-15-20-43(66)32-60-65-54)19-13-14-24-55-50(72)75-34-38-18-11-12-21-44(38)53)63-48(70)56-28-40(22-23-45(67)74-33-37-16-9-8-10-17-37)62-47(69)58-31-42(27-36(3)4)64-51(73)76-52(5,6)7/h8-12,16-18,21,35-36,39-43H,13-15,19-20,22-34H2,1-7H3,(H,55,72)(H,59,71)(H,64,73)(H2,56,63,70)(H2,57,61,68)(H2,58,62,69)/t39-,40-,41-,42-,43-/m0/s1. The van der Waals surface area contributed by atoms with Gasteiger partial charge in [-0.2, -0.15) is 0 Å². The molecule has 1 heterocycles. The topological polar surface area (TPSA) is 307 Å². The van der Waals surface area contributed by atoms with Gasteiger partial charge in [0.05, 0.1) is 0 Å². The summed E-state index contributed by atoms with van der Waals surface area (Å²) in [6.45, 7) is 14.4. The summed E-state index contributed by atoms with van der Waals surface area (Å²) in [5.74, 6) is -0.197. The molecule has 422 valence electrons. The molecule has 10 amide bonds. The molecule has 0 bridgehead atoms. The molecule has 0 unspecified atom stereocenters. The first kappa shape index (κ1) is 63.4. The molecule has 76 heavy (non-hydrogen) atoms. The van der Waals surface area contributed by atoms with E-state index >= 15 is 0 Å². The Bertz CT molecular complexity index is 2180. The van der Waals surface area contributed by atoms with Gasteiger partial charge in [0.25, 0.3) is 0 Å². The number of nitrogens with one attached hydrogen (secondary N) is 9. The first-order chi connectivity index (χ1) is 36.2. The van der Waals surface area contributed by atoms with Crippen molar-refractivity contribution in [3.63, 3.8) is 0 Å². The van der Waals surface area contributed by atoms with Crippen molar-refractivity contribution in [1.82, 2.24) is 52.8 Å². The van der Waals surface area contributed by atoms with Crippen molar-refractivity contribution in [2.75, 3.05) is 45.8 Å². The van der Waals surface area contributed by atoms with Crippen molar-refractivity contribution in [2.24, 2.45) is 17.0 Å². The lowest BCUT2D eigenvalue weighted by molar-refractivity contribution is -0.145. The number of azide groups is 1. The summed E-state index contributed by atoms with van der Waals surface area (Å²) in [6.07, 6.45) is 2.87. The number of amides is 10. The number of halogens is 1. The maximum atomic E-state index is 13.5. The van der Waals surface area contributed by atoms with E-state index in [2.05, 4.69) is 57.9 Å². The molecule has 9 N–H and O–H groups in total. The first-order valence-electron chi connectivity index (χ1n) is 26.2. The second-order valence-electron chi connectivity index (χ2n) is 20.6. The van der Waals surface area contributed by atoms with E-state index in [4.69, 9.17) is 31.3 Å². The zero-order valence-electron chi connectivity index (χ0n) is 45.2. The van der Waals surface area contributed by atoms with Gasteiger partial charge in [-0.3, -0.25) is 4.79 Å². The van der Waals surface area contributed by atoms with Crippen molar-refractivity contribution in [3.8, 4) is 0 Å². The molecule has 0 spiro atoms. The van der Waals surface area contributed by atoms with E-state index in [0.717, 1.165) is 12.0 Å². The summed E-state index contributed by atoms with van der Waals surface area (Å²) in [5, 5.41) is 29.8. The molecule has 0 aliphatic carbocycles. The fraction of sp³-hybridized carbons (Fsp3) is 0.635. The SMILES string of the molecule is CC(C)C[C@@H](CNC(=O)N[C@@H](CCCCNC(=O)OCc1ccccc1Cl)CNC(=O)N1CCC[C@H]1CN=[N+]=[N-])NC(=O)NC[C@H](CCC(=O)OCc1ccccc1)NC(=O)NC[C@H](CC(C)C)NC(=O)OC(C)(C)C. The van der Waals surface area contributed by atoms with E-state index in [0.29, 0.717) is 62.2 Å². The van der Waals surface area contributed by atoms with Gasteiger partial charge in [-0.25, -0.2) is 28.8 Å². The van der Waals surface area contributed by atoms with E-state index < -0.39 is 66.0 Å². The van der Waals surface area contributed by atoms with Crippen LogP contribution in [0, 0.1) is 11.8 Å². The fourth-order valence-electron chi connectivity index (χ4n) is 8.16. The number of carbonyl (C=O) groups excluding carboxylic acids is 7. The van der Waals surface area contributed by atoms with Crippen LogP contribution in [0.2, 0.25) is 5.02 Å². The van der Waals surface area contributed by atoms with Crippen LogP contribution in [-0.2, 0) is 32.2 Å². The molecule has 1 aliphatic heterocycles. The summed E-state index contributed by atoms with van der Waals surface area (Å²) < 4.78 is 16.2. The predicted octanol–water partition coefficient (Wildman–Crippen LogP) is 7.73. The van der Waals surface area contributed by atoms with Gasteiger partial charge in [-0.15, -0.1) is 0 Å². The lowest BCUT2D eigenvalue weighted by Crippen LogP contribution is -2.55. The van der Waals surface area contributed by atoms with E-state index in [1.165, 1.54) is 0 Å². The van der Waals surface area contributed by atoms with Crippen molar-refractivity contribution in [2.45, 2.75) is 155 Å². The molecule has 0 aromatic heterocycles. The molecule has 5 atom stereocenters. The summed E-state index contributed by atoms with van der Waals surface area (Å²) in [7, 11) is 0. The Kier molecular flexibility index (Phi) is 28.9. The quantitative estimate of drug-likeness (QED) is 0.00915. The van der Waals surface area contributed by atoms with Gasteiger partial charge in [-0.1, -0.05) is 92.9 Å². The number of hydrogen-bond acceptors (Lipinski definition) is 11. The summed E-state index contributed by atoms with van der Waals surface area (Å²) in [4.78, 5) is 95.9. The van der Waals surface area contributed by atoms with E-state index in [9.17, 15) is 33.6 Å². The van der Waals surface area contributed by atoms with Gasteiger partial charge in [0.15, 0.2) is 0 Å². The molecule has 23 nitrogen and oxygen atoms in total. The Balaban J connectivity index is 1.61. The van der Waals surface area contributed by atoms with Crippen LogP contribution in [-0.4, -0.2) is 129 Å². The fourth-order valence-corrected chi connectivity index (χ4v) is 8.35. The Labute approximate surface area is 452 Å². The average Bonchev–Trinajstić information content (AvgIpc) is 3.83. The van der Waals surface area contributed by atoms with E-state index in [1.54, 1.807) is 49.9 Å². The molecular weight excluding hydrogens is 1000 g/mol. The maximum absolute atomic E-state index is 13.5. The minimum absolute atomic E-state index is 0.0122. The third kappa shape index (κ3) is 28.1. The molecule has 2 aromatic carbocycles. The van der Waals surface area contributed by atoms with Crippen molar-refractivity contribution < 1.29 is 47.8 Å². The number of ether oxygens (including phenoxy) is 3. The number of unbranched alkanes of at least 4 members (excludes halogenated alkanes) is 1. The Morgan fingerprint density at radius 3 is 1.87 bits per heavy atom. The third-order valence-corrected chi connectivity index (χ3v) is 12.1. The molecule has 1 saturated heterocycles. The average molecular weight is 1080 g/mol. The van der Waals surface area contributed by atoms with Crippen LogP contribution in [0.1, 0.15) is 117 Å². The number of hydrogen-bond donors (Lipinski definition) is 9. The van der Waals surface area contributed by atoms with Gasteiger partial charge in [0.2, 0.25) is 0 Å². The van der Waals surface area contributed by atoms with Crippen LogP contribution < -0.4 is 47.9 Å². The van der Waals surface area contributed by atoms with Crippen LogP contribution >= 0.6 is 11.6 Å². The Hall–Kier alpha value is -6.87. The number of esters is 1. The molecular formula is C52H82ClN13O10. The zero-order chi connectivity index (χ0) is 55.9. The van der Waals surface area contributed by atoms with Crippen LogP contribution in [0.5, 0.6) is 0 Å². The van der Waals surface area contributed by atoms with Gasteiger partial charge in [0.1, 0.15) is 18.8 Å². The highest BCUT2D eigenvalue weighted by molar-refractivity contribution is 6.31. The molecule has 24 heteroatoms. The van der Waals surface area contributed by atoms with Crippen molar-refractivity contribution >= 4 is 53.9 Å². The highest BCUT2D eigenvalue weighted by Gasteiger charge is 2.29. The third-order valence-electron chi connectivity index (χ3n) is 11.8. The summed E-state index contributed by atoms with van der Waals surface area (Å²) >= 11 is 6.17. The lowest BCUT2D eigenvalue weighted by atomic mass is 10.0. The molecule has 0 radical (unpaired) electrons. The van der Waals surface area contributed by atoms with Gasteiger partial charge in [0, 0.05) is 97.9 Å². The number of nitrogens with zero attached hydrogens (tertiary/aromatic N) is 4. The second-order valence-corrected chi connectivity index (χ2v) is 21.0. The summed E-state index contributed by atoms with van der Waals surface area (Å²) in [6, 6.07) is 11.7. The highest BCUT2D eigenvalue weighted by Crippen LogP contribution is 2.19. The molecule has 1 fully saturated rings. The number of carbonyl (C=O) groups is 7. The monoisotopic (exact) mass is 1080 g/mol. The maximum Gasteiger partial charge on any atom is 0.407 e. The van der Waals surface area contributed by atoms with Crippen LogP contribution in [0.4, 0.5) is 28.8 Å². The smallest absolute Gasteiger partial charge is 0.407 e. The number of alkyl carbamates (subject to hydrolysis) is 2. The Morgan fingerprint density at radius 1 is 0.697 bits per heavy atom. The minimum Gasteiger partial charge on any atom is -0.461 e. The summed E-state index contributed by atoms with van der Waals surface area (Å²) in [5.41, 5.74) is 9.61. The normalized spacial score (nSPS) is 14.7. The predicted molar refractivity (Wildman–Crippen MR) is 289 cm³/mol. The molecule has 1 aliphatic rings. The highest BCUT2D eigenvalue weighted by atomic mass is 35.5. The Morgan fingerprint density at radius 2 is 1.26 bits per heavy atom. The van der Waals surface area contributed by atoms with Crippen molar-refractivity contribution in [3.05, 3.63) is 81.2 Å². The molecule has 2 aromatic rings. The second kappa shape index (κ2) is 34.7. The van der Waals surface area contributed by atoms with Gasteiger partial charge >= 0.3 is 42.3 Å². The zero-order valence-corrected chi connectivity index (χ0v) is 46.0. The van der Waals surface area contributed by atoms with Gasteiger partial charge < -0.3 is 67.0 Å². The number of benzene rings is 2. The van der Waals surface area contributed by atoms with Gasteiger partial charge in [-0.05, 0) is 101 Å². The molecule has 3 rings (SSSR count).